The van der Waals surface area contributed by atoms with Crippen molar-refractivity contribution in [3.63, 3.8) is 0 Å². The molecule has 0 spiro atoms. The summed E-state index contributed by atoms with van der Waals surface area (Å²) in [4.78, 5) is 32.5. The van der Waals surface area contributed by atoms with Gasteiger partial charge in [0.25, 0.3) is 5.56 Å². The summed E-state index contributed by atoms with van der Waals surface area (Å²) >= 11 is 1.50. The van der Waals surface area contributed by atoms with Gasteiger partial charge >= 0.3 is 0 Å². The van der Waals surface area contributed by atoms with Gasteiger partial charge in [-0.15, -0.1) is 11.3 Å². The molecule has 0 saturated carbocycles. The molecule has 4 rings (SSSR count). The Morgan fingerprint density at radius 2 is 1.77 bits per heavy atom. The number of hydrogen-bond acceptors (Lipinski definition) is 4. The summed E-state index contributed by atoms with van der Waals surface area (Å²) in [5.74, 6) is -0.253. The number of nitrogens with zero attached hydrogens (tertiary/aromatic N) is 2. The quantitative estimate of drug-likeness (QED) is 0.453. The monoisotopic (exact) mass is 431 g/mol. The van der Waals surface area contributed by atoms with Crippen LogP contribution in [0.4, 0.5) is 5.69 Å². The van der Waals surface area contributed by atoms with Crippen molar-refractivity contribution in [2.24, 2.45) is 0 Å². The summed E-state index contributed by atoms with van der Waals surface area (Å²) in [5.41, 5.74) is 4.76. The minimum absolute atomic E-state index is 0.200. The largest absolute Gasteiger partial charge is 0.324 e. The number of benzene rings is 2. The first kappa shape index (κ1) is 21.0. The fourth-order valence-electron chi connectivity index (χ4n) is 3.66. The molecule has 5 nitrogen and oxygen atoms in total. The number of hydrogen-bond donors (Lipinski definition) is 1. The van der Waals surface area contributed by atoms with Crippen molar-refractivity contribution < 1.29 is 4.79 Å². The van der Waals surface area contributed by atoms with E-state index < -0.39 is 6.04 Å². The third-order valence-corrected chi connectivity index (χ3v) is 6.59. The molecule has 1 N–H and O–H groups in total. The summed E-state index contributed by atoms with van der Waals surface area (Å²) in [6, 6.07) is 15.2. The van der Waals surface area contributed by atoms with E-state index in [9.17, 15) is 9.59 Å². The number of carbonyl (C=O) groups excluding carboxylic acids is 1. The van der Waals surface area contributed by atoms with Crippen molar-refractivity contribution >= 4 is 33.1 Å². The maximum absolute atomic E-state index is 13.4. The van der Waals surface area contributed by atoms with Crippen LogP contribution in [0.1, 0.15) is 35.9 Å². The number of thiophene rings is 1. The van der Waals surface area contributed by atoms with Crippen molar-refractivity contribution in [2.45, 2.75) is 40.2 Å². The molecule has 2 aromatic carbocycles. The number of fused-ring (bicyclic) bond motifs is 1. The van der Waals surface area contributed by atoms with Crippen LogP contribution in [0.3, 0.4) is 0 Å². The Kier molecular flexibility index (Phi) is 5.74. The van der Waals surface area contributed by atoms with Gasteiger partial charge in [0.05, 0.1) is 11.7 Å². The zero-order chi connectivity index (χ0) is 22.1. The van der Waals surface area contributed by atoms with Gasteiger partial charge in [-0.1, -0.05) is 48.9 Å². The van der Waals surface area contributed by atoms with E-state index in [4.69, 9.17) is 0 Å². The molecule has 2 heterocycles. The van der Waals surface area contributed by atoms with E-state index in [2.05, 4.69) is 17.2 Å². The van der Waals surface area contributed by atoms with E-state index in [-0.39, 0.29) is 11.5 Å². The predicted molar refractivity (Wildman–Crippen MR) is 128 cm³/mol. The lowest BCUT2D eigenvalue weighted by Gasteiger charge is -2.15. The first-order valence-electron chi connectivity index (χ1n) is 10.4. The molecule has 2 aromatic heterocycles. The smallest absolute Gasteiger partial charge is 0.263 e. The summed E-state index contributed by atoms with van der Waals surface area (Å²) in [6.45, 7) is 7.84. The Morgan fingerprint density at radius 1 is 1.10 bits per heavy atom. The van der Waals surface area contributed by atoms with Gasteiger partial charge in [0.2, 0.25) is 5.91 Å². The second kappa shape index (κ2) is 8.47. The summed E-state index contributed by atoms with van der Waals surface area (Å²) in [7, 11) is 0. The molecule has 31 heavy (non-hydrogen) atoms. The van der Waals surface area contributed by atoms with Crippen LogP contribution in [-0.2, 0) is 11.2 Å². The van der Waals surface area contributed by atoms with Gasteiger partial charge in [0.1, 0.15) is 10.9 Å². The molecule has 0 bridgehead atoms. The zero-order valence-electron chi connectivity index (χ0n) is 18.1. The van der Waals surface area contributed by atoms with Crippen LogP contribution in [0.15, 0.2) is 59.7 Å². The molecule has 158 valence electrons. The van der Waals surface area contributed by atoms with E-state index >= 15 is 0 Å². The van der Waals surface area contributed by atoms with Crippen LogP contribution in [0.2, 0.25) is 0 Å². The molecule has 0 aliphatic heterocycles. The van der Waals surface area contributed by atoms with Crippen molar-refractivity contribution in [1.29, 1.82) is 0 Å². The molecule has 6 heteroatoms. The molecule has 4 aromatic rings. The highest BCUT2D eigenvalue weighted by Gasteiger charge is 2.22. The highest BCUT2D eigenvalue weighted by molar-refractivity contribution is 7.19. The topological polar surface area (TPSA) is 64.0 Å². The van der Waals surface area contributed by atoms with Crippen LogP contribution in [0.25, 0.3) is 21.3 Å². The van der Waals surface area contributed by atoms with E-state index in [0.717, 1.165) is 28.0 Å². The van der Waals surface area contributed by atoms with E-state index in [1.165, 1.54) is 27.8 Å². The van der Waals surface area contributed by atoms with Crippen LogP contribution in [0, 0.1) is 13.8 Å². The SMILES string of the molecule is CCc1ccc(NC(=O)C(C)n2cnc3sc(C)c(-c4ccc(C)cc4)c3c2=O)cc1. The van der Waals surface area contributed by atoms with Crippen molar-refractivity contribution in [1.82, 2.24) is 9.55 Å². The van der Waals surface area contributed by atoms with Gasteiger partial charge < -0.3 is 5.32 Å². The third-order valence-electron chi connectivity index (χ3n) is 5.58. The van der Waals surface area contributed by atoms with Crippen LogP contribution >= 0.6 is 11.3 Å². The van der Waals surface area contributed by atoms with E-state index in [1.807, 2.05) is 62.4 Å². The van der Waals surface area contributed by atoms with Crippen molar-refractivity contribution in [3.8, 4) is 11.1 Å². The zero-order valence-corrected chi connectivity index (χ0v) is 18.9. The van der Waals surface area contributed by atoms with Gasteiger partial charge in [-0.25, -0.2) is 4.98 Å². The number of nitrogens with one attached hydrogen (secondary N) is 1. The second-order valence-corrected chi connectivity index (χ2v) is 8.96. The van der Waals surface area contributed by atoms with Gasteiger partial charge in [-0.05, 0) is 50.5 Å². The summed E-state index contributed by atoms with van der Waals surface area (Å²) in [5, 5.41) is 3.47. The predicted octanol–water partition coefficient (Wildman–Crippen LogP) is 5.50. The Labute approximate surface area is 185 Å². The maximum atomic E-state index is 13.4. The molecule has 0 aliphatic rings. The van der Waals surface area contributed by atoms with Crippen LogP contribution in [0.5, 0.6) is 0 Å². The van der Waals surface area contributed by atoms with Gasteiger partial charge in [-0.2, -0.15) is 0 Å². The highest BCUT2D eigenvalue weighted by atomic mass is 32.1. The molecule has 0 aliphatic carbocycles. The minimum atomic E-state index is -0.693. The molecular weight excluding hydrogens is 406 g/mol. The summed E-state index contributed by atoms with van der Waals surface area (Å²) < 4.78 is 1.42. The Bertz CT molecular complexity index is 1300. The maximum Gasteiger partial charge on any atom is 0.263 e. The van der Waals surface area contributed by atoms with E-state index in [1.54, 1.807) is 6.92 Å². The van der Waals surface area contributed by atoms with E-state index in [0.29, 0.717) is 15.9 Å². The third kappa shape index (κ3) is 4.03. The molecule has 0 radical (unpaired) electrons. The van der Waals surface area contributed by atoms with Crippen molar-refractivity contribution in [2.75, 3.05) is 5.32 Å². The molecule has 1 unspecified atom stereocenters. The normalized spacial score (nSPS) is 12.1. The first-order valence-corrected chi connectivity index (χ1v) is 11.2. The molecule has 0 fully saturated rings. The average Bonchev–Trinajstić information content (AvgIpc) is 3.11. The molecular formula is C25H25N3O2S. The fraction of sp³-hybridized carbons (Fsp3) is 0.240. The molecule has 1 atom stereocenters. The lowest BCUT2D eigenvalue weighted by atomic mass is 10.0. The lowest BCUT2D eigenvalue weighted by molar-refractivity contribution is -0.118. The minimum Gasteiger partial charge on any atom is -0.324 e. The Balaban J connectivity index is 1.71. The number of anilines is 1. The van der Waals surface area contributed by atoms with Crippen LogP contribution < -0.4 is 10.9 Å². The number of carbonyl (C=O) groups is 1. The number of aromatic nitrogens is 2. The standard InChI is InChI=1S/C25H25N3O2S/c1-5-18-8-12-20(13-9-18)27-23(29)16(3)28-14-26-24-22(25(28)30)21(17(4)31-24)19-10-6-15(2)7-11-19/h6-14,16H,5H2,1-4H3,(H,27,29). The average molecular weight is 432 g/mol. The number of rotatable bonds is 5. The number of amides is 1. The number of aryl methyl sites for hydroxylation is 3. The van der Waals surface area contributed by atoms with Gasteiger partial charge in [-0.3, -0.25) is 14.2 Å². The first-order chi connectivity index (χ1) is 14.9. The highest BCUT2D eigenvalue weighted by Crippen LogP contribution is 2.35. The van der Waals surface area contributed by atoms with Gasteiger partial charge in [0, 0.05) is 16.1 Å². The lowest BCUT2D eigenvalue weighted by Crippen LogP contribution is -2.31. The van der Waals surface area contributed by atoms with Crippen molar-refractivity contribution in [3.05, 3.63) is 81.2 Å². The Hall–Kier alpha value is -3.25. The fourth-order valence-corrected chi connectivity index (χ4v) is 4.66. The van der Waals surface area contributed by atoms with Gasteiger partial charge in [0.15, 0.2) is 0 Å². The summed E-state index contributed by atoms with van der Waals surface area (Å²) in [6.07, 6.45) is 2.42. The second-order valence-electron chi connectivity index (χ2n) is 7.75. The Morgan fingerprint density at radius 3 is 2.42 bits per heavy atom. The van der Waals surface area contributed by atoms with Crippen LogP contribution in [-0.4, -0.2) is 15.5 Å². The molecule has 1 amide bonds. The molecule has 0 saturated heterocycles.